The van der Waals surface area contributed by atoms with Crippen molar-refractivity contribution in [2.45, 2.75) is 0 Å². The number of ketones is 1. The van der Waals surface area contributed by atoms with Crippen LogP contribution in [0.25, 0.3) is 0 Å². The van der Waals surface area contributed by atoms with E-state index >= 15 is 0 Å². The van der Waals surface area contributed by atoms with E-state index in [-0.39, 0.29) is 5.78 Å². The van der Waals surface area contributed by atoms with Crippen LogP contribution < -0.4 is 0 Å². The fourth-order valence-electron chi connectivity index (χ4n) is 1.56. The Morgan fingerprint density at radius 3 is 2.18 bits per heavy atom. The molecule has 0 aliphatic carbocycles. The number of hydrogen-bond donors (Lipinski definition) is 0. The Balaban J connectivity index is 2.43. The van der Waals surface area contributed by atoms with Gasteiger partial charge in [-0.2, -0.15) is 0 Å². The maximum atomic E-state index is 12.2. The number of rotatable bonds is 2. The molecule has 0 N–H and O–H groups in total. The molecule has 0 saturated heterocycles. The topological polar surface area (TPSA) is 17.1 Å². The third-order valence-corrected chi connectivity index (χ3v) is 2.75. The van der Waals surface area contributed by atoms with Gasteiger partial charge < -0.3 is 0 Å². The van der Waals surface area contributed by atoms with Crippen molar-refractivity contribution < 1.29 is 4.79 Å². The minimum absolute atomic E-state index is 0.111. The van der Waals surface area contributed by atoms with E-state index in [0.717, 1.165) is 5.56 Å². The second-order valence-corrected chi connectivity index (χ2v) is 4.56. The quantitative estimate of drug-likeness (QED) is 0.734. The van der Waals surface area contributed by atoms with Gasteiger partial charge >= 0.3 is 0 Å². The Morgan fingerprint density at radius 2 is 1.59 bits per heavy atom. The average Bonchev–Trinajstić information content (AvgIpc) is 2.26. The summed E-state index contributed by atoms with van der Waals surface area (Å²) in [5, 5.41) is 0.901. The van der Waals surface area contributed by atoms with Crippen molar-refractivity contribution in [3.8, 4) is 0 Å². The van der Waals surface area contributed by atoms with Gasteiger partial charge in [0.25, 0.3) is 0 Å². The Morgan fingerprint density at radius 1 is 0.941 bits per heavy atom. The van der Waals surface area contributed by atoms with Crippen molar-refractivity contribution in [1.29, 1.82) is 0 Å². The lowest BCUT2D eigenvalue weighted by Crippen LogP contribution is -2.01. The van der Waals surface area contributed by atoms with Crippen LogP contribution in [0.5, 0.6) is 0 Å². The number of benzene rings is 2. The second kappa shape index (κ2) is 4.91. The van der Waals surface area contributed by atoms with E-state index in [1.165, 1.54) is 0 Å². The highest BCUT2D eigenvalue weighted by molar-refractivity contribution is 6.35. The van der Waals surface area contributed by atoms with Gasteiger partial charge in [0.05, 0.1) is 0 Å². The van der Waals surface area contributed by atoms with Crippen molar-refractivity contribution in [2.24, 2.45) is 0 Å². The number of carbonyl (C=O) groups is 1. The van der Waals surface area contributed by atoms with Crippen LogP contribution in [0.4, 0.5) is 0 Å². The van der Waals surface area contributed by atoms with Gasteiger partial charge in [-0.1, -0.05) is 41.4 Å². The number of hydrogen-bond acceptors (Lipinski definition) is 1. The molecule has 0 saturated carbocycles. The van der Waals surface area contributed by atoms with E-state index in [0.29, 0.717) is 21.2 Å². The first-order valence-electron chi connectivity index (χ1n) is 4.99. The van der Waals surface area contributed by atoms with Gasteiger partial charge in [-0.3, -0.25) is 4.79 Å². The summed E-state index contributed by atoms with van der Waals surface area (Å²) in [6.07, 6.45) is 0. The zero-order chi connectivity index (χ0) is 12.4. The third kappa shape index (κ3) is 2.87. The van der Waals surface area contributed by atoms with E-state index in [1.807, 2.05) is 6.07 Å². The molecule has 85 valence electrons. The molecule has 0 aromatic heterocycles. The van der Waals surface area contributed by atoms with Gasteiger partial charge in [-0.25, -0.2) is 0 Å². The SMILES string of the molecule is [CH2]c1cccc(C(=O)c2cc(Cl)cc(Cl)c2)c1. The van der Waals surface area contributed by atoms with Crippen LogP contribution in [0.3, 0.4) is 0 Å². The molecule has 2 aromatic rings. The van der Waals surface area contributed by atoms with Gasteiger partial charge in [0.15, 0.2) is 5.78 Å². The first-order chi connectivity index (χ1) is 8.06. The molecule has 2 rings (SSSR count). The van der Waals surface area contributed by atoms with Crippen LogP contribution in [-0.2, 0) is 0 Å². The first-order valence-corrected chi connectivity index (χ1v) is 5.74. The molecule has 1 radical (unpaired) electrons. The lowest BCUT2D eigenvalue weighted by Gasteiger charge is -2.03. The molecule has 1 nitrogen and oxygen atoms in total. The molecular formula is C14H9Cl2O. The highest BCUT2D eigenvalue weighted by Crippen LogP contribution is 2.21. The van der Waals surface area contributed by atoms with Crippen molar-refractivity contribution in [1.82, 2.24) is 0 Å². The third-order valence-electron chi connectivity index (χ3n) is 2.31. The summed E-state index contributed by atoms with van der Waals surface area (Å²) in [4.78, 5) is 12.2. The smallest absolute Gasteiger partial charge is 0.193 e. The van der Waals surface area contributed by atoms with Crippen molar-refractivity contribution in [2.75, 3.05) is 0 Å². The largest absolute Gasteiger partial charge is 0.289 e. The van der Waals surface area contributed by atoms with Crippen LogP contribution in [0.1, 0.15) is 21.5 Å². The normalized spacial score (nSPS) is 10.3. The van der Waals surface area contributed by atoms with Crippen molar-refractivity contribution in [3.05, 3.63) is 76.1 Å². The lowest BCUT2D eigenvalue weighted by molar-refractivity contribution is 0.103. The molecule has 0 fully saturated rings. The van der Waals surface area contributed by atoms with Crippen LogP contribution in [0, 0.1) is 6.92 Å². The van der Waals surface area contributed by atoms with Crippen LogP contribution in [0.2, 0.25) is 10.0 Å². The summed E-state index contributed by atoms with van der Waals surface area (Å²) < 4.78 is 0. The van der Waals surface area contributed by atoms with Crippen molar-refractivity contribution in [3.63, 3.8) is 0 Å². The summed E-state index contributed by atoms with van der Waals surface area (Å²) in [6.45, 7) is 3.79. The highest BCUT2D eigenvalue weighted by Gasteiger charge is 2.10. The fourth-order valence-corrected chi connectivity index (χ4v) is 2.09. The fraction of sp³-hybridized carbons (Fsp3) is 0. The summed E-state index contributed by atoms with van der Waals surface area (Å²) in [5.74, 6) is -0.111. The van der Waals surface area contributed by atoms with Crippen LogP contribution in [0.15, 0.2) is 42.5 Å². The van der Waals surface area contributed by atoms with Gasteiger partial charge in [-0.15, -0.1) is 0 Å². The summed E-state index contributed by atoms with van der Waals surface area (Å²) in [5.41, 5.74) is 1.85. The summed E-state index contributed by atoms with van der Waals surface area (Å²) in [6, 6.07) is 11.9. The van der Waals surface area contributed by atoms with E-state index < -0.39 is 0 Å². The molecule has 0 atom stereocenters. The Bertz CT molecular complexity index is 556. The van der Waals surface area contributed by atoms with E-state index in [1.54, 1.807) is 36.4 Å². The minimum Gasteiger partial charge on any atom is -0.289 e. The average molecular weight is 264 g/mol. The van der Waals surface area contributed by atoms with E-state index in [4.69, 9.17) is 23.2 Å². The zero-order valence-corrected chi connectivity index (χ0v) is 10.4. The highest BCUT2D eigenvalue weighted by atomic mass is 35.5. The van der Waals surface area contributed by atoms with Gasteiger partial charge in [0.2, 0.25) is 0 Å². The zero-order valence-electron chi connectivity index (χ0n) is 8.91. The molecule has 0 aliphatic heterocycles. The molecule has 17 heavy (non-hydrogen) atoms. The molecule has 2 aromatic carbocycles. The molecule has 0 amide bonds. The predicted molar refractivity (Wildman–Crippen MR) is 70.8 cm³/mol. The Hall–Kier alpha value is -1.31. The van der Waals surface area contributed by atoms with Gasteiger partial charge in [0, 0.05) is 21.2 Å². The molecule has 0 aliphatic rings. The second-order valence-electron chi connectivity index (χ2n) is 3.69. The van der Waals surface area contributed by atoms with Crippen LogP contribution >= 0.6 is 23.2 Å². The summed E-state index contributed by atoms with van der Waals surface area (Å²) in [7, 11) is 0. The minimum atomic E-state index is -0.111. The number of halogens is 2. The van der Waals surface area contributed by atoms with Crippen LogP contribution in [-0.4, -0.2) is 5.78 Å². The number of carbonyl (C=O) groups excluding carboxylic acids is 1. The monoisotopic (exact) mass is 263 g/mol. The maximum absolute atomic E-state index is 12.2. The Kier molecular flexibility index (Phi) is 3.51. The van der Waals surface area contributed by atoms with E-state index in [2.05, 4.69) is 6.92 Å². The molecular weight excluding hydrogens is 255 g/mol. The molecule has 0 spiro atoms. The lowest BCUT2D eigenvalue weighted by atomic mass is 10.0. The standard InChI is InChI=1S/C14H9Cl2O/c1-9-3-2-4-10(5-9)14(17)11-6-12(15)8-13(16)7-11/h2-8H,1H2. The van der Waals surface area contributed by atoms with Gasteiger partial charge in [0.1, 0.15) is 0 Å². The predicted octanol–water partition coefficient (Wildman–Crippen LogP) is 4.41. The molecule has 0 unspecified atom stereocenters. The molecule has 0 bridgehead atoms. The summed E-state index contributed by atoms with van der Waals surface area (Å²) >= 11 is 11.7. The Labute approximate surface area is 110 Å². The van der Waals surface area contributed by atoms with Gasteiger partial charge in [-0.05, 0) is 36.8 Å². The molecule has 3 heteroatoms. The first kappa shape index (κ1) is 12.2. The maximum Gasteiger partial charge on any atom is 0.193 e. The van der Waals surface area contributed by atoms with Crippen molar-refractivity contribution >= 4 is 29.0 Å². The van der Waals surface area contributed by atoms with E-state index in [9.17, 15) is 4.79 Å². The molecule has 0 heterocycles.